The Morgan fingerprint density at radius 1 is 1.25 bits per heavy atom. The monoisotopic (exact) mass is 482 g/mol. The number of H-pyrrole nitrogens is 1. The van der Waals surface area contributed by atoms with E-state index in [2.05, 4.69) is 43.9 Å². The highest BCUT2D eigenvalue weighted by Crippen LogP contribution is 2.40. The second kappa shape index (κ2) is 8.94. The van der Waals surface area contributed by atoms with Gasteiger partial charge in [0.1, 0.15) is 23.9 Å². The van der Waals surface area contributed by atoms with E-state index in [1.807, 2.05) is 32.2 Å². The Hall–Kier alpha value is -3.93. The van der Waals surface area contributed by atoms with Crippen LogP contribution in [0.1, 0.15) is 16.7 Å². The van der Waals surface area contributed by atoms with Crippen molar-refractivity contribution >= 4 is 16.6 Å². The van der Waals surface area contributed by atoms with Gasteiger partial charge >= 0.3 is 0 Å². The van der Waals surface area contributed by atoms with E-state index in [9.17, 15) is 5.26 Å². The maximum Gasteiger partial charge on any atom is 0.143 e. The molecule has 2 aliphatic rings. The lowest BCUT2D eigenvalue weighted by atomic mass is 9.92. The molecule has 7 nitrogen and oxygen atoms in total. The normalized spacial score (nSPS) is 16.8. The van der Waals surface area contributed by atoms with Crippen molar-refractivity contribution in [2.75, 3.05) is 38.2 Å². The molecule has 4 aromatic rings. The van der Waals surface area contributed by atoms with Gasteiger partial charge in [0.25, 0.3) is 0 Å². The average Bonchev–Trinajstić information content (AvgIpc) is 3.30. The maximum absolute atomic E-state index is 15.3. The summed E-state index contributed by atoms with van der Waals surface area (Å²) >= 11 is 0. The second-order valence-electron chi connectivity index (χ2n) is 9.47. The Balaban J connectivity index is 1.46. The lowest BCUT2D eigenvalue weighted by molar-refractivity contribution is 0.247. The van der Waals surface area contributed by atoms with Crippen LogP contribution in [-0.2, 0) is 6.54 Å². The summed E-state index contributed by atoms with van der Waals surface area (Å²) in [6.07, 6.45) is 0. The molecule has 1 atom stereocenters. The summed E-state index contributed by atoms with van der Waals surface area (Å²) in [5.41, 5.74) is 6.55. The third kappa shape index (κ3) is 3.68. The molecule has 2 aliphatic heterocycles. The predicted molar refractivity (Wildman–Crippen MR) is 139 cm³/mol. The molecule has 6 rings (SSSR count). The SMILES string of the molecule is CNCc1cc(C)c(-c2cc3c(-c4ccc5c(c4)OCC4CNCCN54)n[nH]c3cc2C#N)c(F)c1. The van der Waals surface area contributed by atoms with Gasteiger partial charge in [-0.2, -0.15) is 10.4 Å². The highest BCUT2D eigenvalue weighted by atomic mass is 19.1. The van der Waals surface area contributed by atoms with Gasteiger partial charge in [0.2, 0.25) is 0 Å². The zero-order valence-corrected chi connectivity index (χ0v) is 20.3. The molecule has 0 radical (unpaired) electrons. The van der Waals surface area contributed by atoms with Gasteiger partial charge in [-0.25, -0.2) is 4.39 Å². The van der Waals surface area contributed by atoms with Crippen LogP contribution in [0.25, 0.3) is 33.3 Å². The first-order valence-corrected chi connectivity index (χ1v) is 12.2. The van der Waals surface area contributed by atoms with Crippen LogP contribution in [0, 0.1) is 24.1 Å². The zero-order chi connectivity index (χ0) is 24.8. The molecule has 3 N–H and O–H groups in total. The summed E-state index contributed by atoms with van der Waals surface area (Å²) in [7, 11) is 1.83. The van der Waals surface area contributed by atoms with Crippen LogP contribution in [0.3, 0.4) is 0 Å². The summed E-state index contributed by atoms with van der Waals surface area (Å²) in [5, 5.41) is 24.8. The number of benzene rings is 3. The summed E-state index contributed by atoms with van der Waals surface area (Å²) in [6.45, 7) is 5.91. The van der Waals surface area contributed by atoms with E-state index in [-0.39, 0.29) is 5.82 Å². The van der Waals surface area contributed by atoms with E-state index >= 15 is 4.39 Å². The fraction of sp³-hybridized carbons (Fsp3) is 0.286. The maximum atomic E-state index is 15.3. The first kappa shape index (κ1) is 22.5. The summed E-state index contributed by atoms with van der Waals surface area (Å²) in [6, 6.07) is 15.9. The van der Waals surface area contributed by atoms with Crippen molar-refractivity contribution in [1.82, 2.24) is 20.8 Å². The number of nitrogens with zero attached hydrogens (tertiary/aromatic N) is 3. The van der Waals surface area contributed by atoms with Crippen LogP contribution in [0.4, 0.5) is 10.1 Å². The molecule has 0 spiro atoms. The number of anilines is 1. The molecule has 1 fully saturated rings. The first-order chi connectivity index (χ1) is 17.6. The minimum Gasteiger partial charge on any atom is -0.489 e. The van der Waals surface area contributed by atoms with E-state index < -0.39 is 0 Å². The van der Waals surface area contributed by atoms with Crippen molar-refractivity contribution in [3.05, 3.63) is 65.0 Å². The molecule has 0 bridgehead atoms. The van der Waals surface area contributed by atoms with Gasteiger partial charge in [-0.1, -0.05) is 12.1 Å². The summed E-state index contributed by atoms with van der Waals surface area (Å²) < 4.78 is 21.4. The lowest BCUT2D eigenvalue weighted by Gasteiger charge is -2.42. The Bertz CT molecular complexity index is 1500. The van der Waals surface area contributed by atoms with Crippen molar-refractivity contribution in [3.8, 4) is 34.2 Å². The number of aryl methyl sites for hydroxylation is 1. The van der Waals surface area contributed by atoms with Gasteiger partial charge in [0.15, 0.2) is 0 Å². The third-order valence-electron chi connectivity index (χ3n) is 7.14. The molecule has 0 aliphatic carbocycles. The van der Waals surface area contributed by atoms with Gasteiger partial charge in [-0.15, -0.1) is 0 Å². The number of nitrogens with one attached hydrogen (secondary N) is 3. The van der Waals surface area contributed by atoms with E-state index in [0.29, 0.717) is 35.9 Å². The van der Waals surface area contributed by atoms with Crippen molar-refractivity contribution in [2.45, 2.75) is 19.5 Å². The number of aromatic amines is 1. The molecule has 1 saturated heterocycles. The number of ether oxygens (including phenoxy) is 1. The standard InChI is InChI=1S/C28H27FN6O/c1-16-7-17(13-31-2)8-23(29)27(16)21-11-22-24(9-19(21)12-30)33-34-28(22)18-3-4-25-26(10-18)36-15-20-14-32-5-6-35(20)25/h3-4,7-11,20,31-32H,5-6,13-15H2,1-2H3,(H,33,34). The third-order valence-corrected chi connectivity index (χ3v) is 7.14. The summed E-state index contributed by atoms with van der Waals surface area (Å²) in [5.74, 6) is 0.506. The molecule has 3 aromatic carbocycles. The van der Waals surface area contributed by atoms with Gasteiger partial charge < -0.3 is 20.3 Å². The molecule has 1 aromatic heterocycles. The molecule has 0 amide bonds. The Morgan fingerprint density at radius 3 is 2.94 bits per heavy atom. The zero-order valence-electron chi connectivity index (χ0n) is 20.3. The minimum atomic E-state index is -0.339. The second-order valence-corrected chi connectivity index (χ2v) is 9.47. The van der Waals surface area contributed by atoms with Crippen LogP contribution in [0.15, 0.2) is 42.5 Å². The Morgan fingerprint density at radius 2 is 2.14 bits per heavy atom. The van der Waals surface area contributed by atoms with Crippen molar-refractivity contribution < 1.29 is 9.13 Å². The van der Waals surface area contributed by atoms with Crippen LogP contribution < -0.4 is 20.3 Å². The molecule has 1 unspecified atom stereocenters. The van der Waals surface area contributed by atoms with Crippen molar-refractivity contribution in [1.29, 1.82) is 5.26 Å². The van der Waals surface area contributed by atoms with Crippen LogP contribution in [0.5, 0.6) is 5.75 Å². The van der Waals surface area contributed by atoms with E-state index in [1.165, 1.54) is 6.07 Å². The average molecular weight is 483 g/mol. The highest BCUT2D eigenvalue weighted by Gasteiger charge is 2.30. The number of nitriles is 1. The van der Waals surface area contributed by atoms with Gasteiger partial charge in [-0.3, -0.25) is 5.10 Å². The number of rotatable bonds is 4. The molecule has 36 heavy (non-hydrogen) atoms. The summed E-state index contributed by atoms with van der Waals surface area (Å²) in [4.78, 5) is 2.41. The van der Waals surface area contributed by atoms with E-state index in [0.717, 1.165) is 64.4 Å². The van der Waals surface area contributed by atoms with Crippen molar-refractivity contribution in [2.24, 2.45) is 0 Å². The molecule has 8 heteroatoms. The number of aromatic nitrogens is 2. The number of piperazine rings is 1. The molecule has 0 saturated carbocycles. The fourth-order valence-corrected chi connectivity index (χ4v) is 5.47. The number of halogens is 1. The molecular formula is C28H27FN6O. The van der Waals surface area contributed by atoms with E-state index in [1.54, 1.807) is 6.07 Å². The fourth-order valence-electron chi connectivity index (χ4n) is 5.47. The molecular weight excluding hydrogens is 455 g/mol. The minimum absolute atomic E-state index is 0.339. The highest BCUT2D eigenvalue weighted by molar-refractivity contribution is 5.98. The number of fused-ring (bicyclic) bond motifs is 4. The van der Waals surface area contributed by atoms with Crippen LogP contribution >= 0.6 is 0 Å². The largest absolute Gasteiger partial charge is 0.489 e. The smallest absolute Gasteiger partial charge is 0.143 e. The Kier molecular flexibility index (Phi) is 5.59. The van der Waals surface area contributed by atoms with Crippen LogP contribution in [0.2, 0.25) is 0 Å². The first-order valence-electron chi connectivity index (χ1n) is 12.2. The molecule has 182 valence electrons. The van der Waals surface area contributed by atoms with E-state index in [4.69, 9.17) is 4.74 Å². The van der Waals surface area contributed by atoms with Gasteiger partial charge in [-0.05, 0) is 55.4 Å². The quantitative estimate of drug-likeness (QED) is 0.406. The van der Waals surface area contributed by atoms with Gasteiger partial charge in [0.05, 0.1) is 28.9 Å². The number of hydrogen-bond acceptors (Lipinski definition) is 6. The Labute approximate surface area is 208 Å². The molecule has 3 heterocycles. The lowest BCUT2D eigenvalue weighted by Crippen LogP contribution is -2.55. The number of hydrogen-bond donors (Lipinski definition) is 3. The van der Waals surface area contributed by atoms with Gasteiger partial charge in [0, 0.05) is 48.3 Å². The topological polar surface area (TPSA) is 89.0 Å². The van der Waals surface area contributed by atoms with Crippen LogP contribution in [-0.4, -0.2) is 49.5 Å². The van der Waals surface area contributed by atoms with Crippen molar-refractivity contribution in [3.63, 3.8) is 0 Å². The predicted octanol–water partition coefficient (Wildman–Crippen LogP) is 4.11.